The number of hydrogen-bond acceptors (Lipinski definition) is 3. The van der Waals surface area contributed by atoms with Crippen LogP contribution < -0.4 is 4.74 Å². The van der Waals surface area contributed by atoms with Crippen LogP contribution in [-0.2, 0) is 17.8 Å². The maximum absolute atomic E-state index is 12.4. The number of amides is 1. The third kappa shape index (κ3) is 4.60. The van der Waals surface area contributed by atoms with Crippen molar-refractivity contribution in [3.05, 3.63) is 65.7 Å². The summed E-state index contributed by atoms with van der Waals surface area (Å²) in [5.41, 5.74) is 1.99. The first-order valence-corrected chi connectivity index (χ1v) is 7.28. The second kappa shape index (κ2) is 8.20. The summed E-state index contributed by atoms with van der Waals surface area (Å²) in [6, 6.07) is 17.2. The maximum atomic E-state index is 12.4. The van der Waals surface area contributed by atoms with Crippen LogP contribution in [0, 0.1) is 0 Å². The van der Waals surface area contributed by atoms with E-state index in [2.05, 4.69) is 0 Å². The van der Waals surface area contributed by atoms with Crippen LogP contribution in [0.5, 0.6) is 5.75 Å². The van der Waals surface area contributed by atoms with E-state index in [1.807, 2.05) is 54.6 Å². The van der Waals surface area contributed by atoms with Crippen LogP contribution in [0.1, 0.15) is 11.1 Å². The van der Waals surface area contributed by atoms with Gasteiger partial charge in [-0.05, 0) is 23.3 Å². The average molecular weight is 299 g/mol. The van der Waals surface area contributed by atoms with Crippen molar-refractivity contribution in [2.75, 3.05) is 20.3 Å². The minimum absolute atomic E-state index is 0.00284. The van der Waals surface area contributed by atoms with Crippen molar-refractivity contribution >= 4 is 5.91 Å². The monoisotopic (exact) mass is 299 g/mol. The Balaban J connectivity index is 2.02. The quantitative estimate of drug-likeness (QED) is 0.853. The van der Waals surface area contributed by atoms with Crippen LogP contribution in [0.4, 0.5) is 0 Å². The number of carbonyl (C=O) groups excluding carboxylic acids is 1. The lowest BCUT2D eigenvalue weighted by atomic mass is 10.1. The van der Waals surface area contributed by atoms with Crippen molar-refractivity contribution in [2.45, 2.75) is 13.0 Å². The lowest BCUT2D eigenvalue weighted by molar-refractivity contribution is -0.131. The third-order valence-corrected chi connectivity index (χ3v) is 3.45. The first-order valence-electron chi connectivity index (χ1n) is 7.28. The van der Waals surface area contributed by atoms with E-state index in [1.54, 1.807) is 12.0 Å². The van der Waals surface area contributed by atoms with Gasteiger partial charge in [0.2, 0.25) is 5.91 Å². The van der Waals surface area contributed by atoms with E-state index in [0.717, 1.165) is 16.9 Å². The zero-order valence-electron chi connectivity index (χ0n) is 12.7. The summed E-state index contributed by atoms with van der Waals surface area (Å²) in [5, 5.41) is 9.19. The zero-order chi connectivity index (χ0) is 15.8. The van der Waals surface area contributed by atoms with Crippen molar-refractivity contribution in [2.24, 2.45) is 0 Å². The topological polar surface area (TPSA) is 49.8 Å². The molecule has 0 spiro atoms. The number of ether oxygens (including phenoxy) is 1. The van der Waals surface area contributed by atoms with Crippen molar-refractivity contribution in [3.63, 3.8) is 0 Å². The fraction of sp³-hybridized carbons (Fsp3) is 0.278. The molecule has 2 aromatic rings. The minimum atomic E-state index is -0.0405. The van der Waals surface area contributed by atoms with Gasteiger partial charge >= 0.3 is 0 Å². The molecule has 0 atom stereocenters. The van der Waals surface area contributed by atoms with Crippen LogP contribution in [0.15, 0.2) is 54.6 Å². The highest BCUT2D eigenvalue weighted by Gasteiger charge is 2.14. The fourth-order valence-corrected chi connectivity index (χ4v) is 2.25. The average Bonchev–Trinajstić information content (AvgIpc) is 2.56. The van der Waals surface area contributed by atoms with Gasteiger partial charge in [0.25, 0.3) is 0 Å². The molecule has 116 valence electrons. The number of benzene rings is 2. The molecule has 0 fully saturated rings. The number of carbonyl (C=O) groups is 1. The van der Waals surface area contributed by atoms with Gasteiger partial charge in [-0.15, -0.1) is 0 Å². The van der Waals surface area contributed by atoms with Gasteiger partial charge in [-0.1, -0.05) is 42.5 Å². The predicted octanol–water partition coefficient (Wildman–Crippen LogP) is 2.26. The van der Waals surface area contributed by atoms with Crippen LogP contribution in [0.2, 0.25) is 0 Å². The molecule has 0 unspecified atom stereocenters. The van der Waals surface area contributed by atoms with Crippen molar-refractivity contribution < 1.29 is 14.6 Å². The summed E-state index contributed by atoms with van der Waals surface area (Å²) >= 11 is 0. The number of rotatable bonds is 7. The number of aliphatic hydroxyl groups excluding tert-OH is 1. The maximum Gasteiger partial charge on any atom is 0.227 e. The summed E-state index contributed by atoms with van der Waals surface area (Å²) in [6.07, 6.45) is 0.316. The summed E-state index contributed by atoms with van der Waals surface area (Å²) in [7, 11) is 1.61. The van der Waals surface area contributed by atoms with Crippen molar-refractivity contribution in [3.8, 4) is 5.75 Å². The van der Waals surface area contributed by atoms with Crippen LogP contribution in [0.3, 0.4) is 0 Å². The molecule has 0 aliphatic heterocycles. The highest BCUT2D eigenvalue weighted by atomic mass is 16.5. The Hall–Kier alpha value is -2.33. The van der Waals surface area contributed by atoms with E-state index in [1.165, 1.54) is 0 Å². The van der Waals surface area contributed by atoms with E-state index < -0.39 is 0 Å². The molecule has 1 N–H and O–H groups in total. The highest BCUT2D eigenvalue weighted by molar-refractivity contribution is 5.78. The number of aliphatic hydroxyl groups is 1. The van der Waals surface area contributed by atoms with Crippen LogP contribution in [0.25, 0.3) is 0 Å². The van der Waals surface area contributed by atoms with E-state index in [9.17, 15) is 9.90 Å². The summed E-state index contributed by atoms with van der Waals surface area (Å²) in [6.45, 7) is 0.807. The molecule has 2 aromatic carbocycles. The molecule has 0 aliphatic carbocycles. The predicted molar refractivity (Wildman–Crippen MR) is 85.6 cm³/mol. The number of nitrogens with zero attached hydrogens (tertiary/aromatic N) is 1. The Morgan fingerprint density at radius 2 is 1.73 bits per heavy atom. The van der Waals surface area contributed by atoms with E-state index in [-0.39, 0.29) is 12.5 Å². The Kier molecular flexibility index (Phi) is 5.98. The standard InChI is InChI=1S/C18H21NO3/c1-22-17-9-7-15(8-10-17)13-18(21)19(11-12-20)14-16-5-3-2-4-6-16/h2-10,20H,11-14H2,1H3. The molecule has 4 heteroatoms. The first kappa shape index (κ1) is 16.0. The van der Waals surface area contributed by atoms with Gasteiger partial charge < -0.3 is 14.7 Å². The SMILES string of the molecule is COc1ccc(CC(=O)N(CCO)Cc2ccccc2)cc1. The van der Waals surface area contributed by atoms with Gasteiger partial charge in [0, 0.05) is 13.1 Å². The number of methoxy groups -OCH3 is 1. The molecule has 0 aliphatic rings. The first-order chi connectivity index (χ1) is 10.7. The molecule has 0 aromatic heterocycles. The van der Waals surface area contributed by atoms with Gasteiger partial charge in [0.1, 0.15) is 5.75 Å². The molecule has 4 nitrogen and oxygen atoms in total. The van der Waals surface area contributed by atoms with E-state index in [0.29, 0.717) is 19.5 Å². The molecule has 0 radical (unpaired) electrons. The lowest BCUT2D eigenvalue weighted by Gasteiger charge is -2.22. The van der Waals surface area contributed by atoms with E-state index >= 15 is 0 Å². The third-order valence-electron chi connectivity index (χ3n) is 3.45. The Labute approximate surface area is 131 Å². The molecule has 2 rings (SSSR count). The van der Waals surface area contributed by atoms with Crippen molar-refractivity contribution in [1.29, 1.82) is 0 Å². The Morgan fingerprint density at radius 1 is 1.05 bits per heavy atom. The van der Waals surface area contributed by atoms with Gasteiger partial charge in [0.15, 0.2) is 0 Å². The largest absolute Gasteiger partial charge is 0.497 e. The van der Waals surface area contributed by atoms with Crippen LogP contribution >= 0.6 is 0 Å². The minimum Gasteiger partial charge on any atom is -0.497 e. The molecule has 0 saturated heterocycles. The summed E-state index contributed by atoms with van der Waals surface area (Å²) in [5.74, 6) is 0.774. The zero-order valence-corrected chi connectivity index (χ0v) is 12.7. The van der Waals surface area contributed by atoms with Gasteiger partial charge in [0.05, 0.1) is 20.1 Å². The summed E-state index contributed by atoms with van der Waals surface area (Å²) < 4.78 is 5.11. The second-order valence-electron chi connectivity index (χ2n) is 5.05. The van der Waals surface area contributed by atoms with Gasteiger partial charge in [-0.3, -0.25) is 4.79 Å². The fourth-order valence-electron chi connectivity index (χ4n) is 2.25. The Morgan fingerprint density at radius 3 is 2.32 bits per heavy atom. The van der Waals surface area contributed by atoms with Crippen LogP contribution in [-0.4, -0.2) is 36.2 Å². The normalized spacial score (nSPS) is 10.3. The molecule has 0 heterocycles. The van der Waals surface area contributed by atoms with E-state index in [4.69, 9.17) is 4.74 Å². The Bertz CT molecular complexity index is 581. The van der Waals surface area contributed by atoms with Gasteiger partial charge in [-0.2, -0.15) is 0 Å². The molecule has 22 heavy (non-hydrogen) atoms. The molecule has 0 bridgehead atoms. The summed E-state index contributed by atoms with van der Waals surface area (Å²) in [4.78, 5) is 14.1. The van der Waals surface area contributed by atoms with Crippen molar-refractivity contribution in [1.82, 2.24) is 4.90 Å². The molecular formula is C18H21NO3. The van der Waals surface area contributed by atoms with Gasteiger partial charge in [-0.25, -0.2) is 0 Å². The number of hydrogen-bond donors (Lipinski definition) is 1. The molecule has 1 amide bonds. The molecule has 0 saturated carbocycles. The lowest BCUT2D eigenvalue weighted by Crippen LogP contribution is -2.34. The molecular weight excluding hydrogens is 278 g/mol. The second-order valence-corrected chi connectivity index (χ2v) is 5.05. The highest BCUT2D eigenvalue weighted by Crippen LogP contribution is 2.13. The smallest absolute Gasteiger partial charge is 0.227 e.